The average Bonchev–Trinajstić information content (AvgIpc) is 3.44. The van der Waals surface area contributed by atoms with Gasteiger partial charge in [0.25, 0.3) is 0 Å². The standard InChI is InChI=1S/C24H22N2O6S/c1-15-22(20-7-3-4-8-21(20)26-15)23(27)16(2)32-24(28)17-9-11-19(12-10-17)33(29,30)25-14-18-6-5-13-31-18/h3-13,16,25-26H,14H2,1-2H3. The monoisotopic (exact) mass is 466 g/mol. The Hall–Kier alpha value is -3.69. The molecule has 8 nitrogen and oxygen atoms in total. The van der Waals surface area contributed by atoms with Crippen LogP contribution in [0.25, 0.3) is 10.9 Å². The van der Waals surface area contributed by atoms with Crippen molar-refractivity contribution in [2.75, 3.05) is 0 Å². The van der Waals surface area contributed by atoms with Gasteiger partial charge in [0.2, 0.25) is 15.8 Å². The first-order valence-corrected chi connectivity index (χ1v) is 11.7. The van der Waals surface area contributed by atoms with Crippen LogP contribution in [0.4, 0.5) is 0 Å². The molecule has 9 heteroatoms. The van der Waals surface area contributed by atoms with Gasteiger partial charge in [-0.25, -0.2) is 17.9 Å². The van der Waals surface area contributed by atoms with E-state index in [1.165, 1.54) is 37.5 Å². The molecular formula is C24H22N2O6S. The lowest BCUT2D eigenvalue weighted by molar-refractivity contribution is 0.0319. The van der Waals surface area contributed by atoms with Gasteiger partial charge >= 0.3 is 5.97 Å². The Morgan fingerprint density at radius 3 is 2.48 bits per heavy atom. The number of sulfonamides is 1. The van der Waals surface area contributed by atoms with Crippen molar-refractivity contribution in [1.29, 1.82) is 0 Å². The Morgan fingerprint density at radius 1 is 1.06 bits per heavy atom. The molecule has 0 spiro atoms. The van der Waals surface area contributed by atoms with E-state index in [0.29, 0.717) is 17.0 Å². The number of rotatable bonds is 8. The van der Waals surface area contributed by atoms with Crippen molar-refractivity contribution in [2.45, 2.75) is 31.4 Å². The van der Waals surface area contributed by atoms with Crippen LogP contribution in [-0.4, -0.2) is 31.3 Å². The maximum Gasteiger partial charge on any atom is 0.338 e. The lowest BCUT2D eigenvalue weighted by Crippen LogP contribution is -2.25. The number of ketones is 1. The Morgan fingerprint density at radius 2 is 1.79 bits per heavy atom. The maximum absolute atomic E-state index is 13.0. The largest absolute Gasteiger partial charge is 0.468 e. The van der Waals surface area contributed by atoms with Crippen molar-refractivity contribution in [1.82, 2.24) is 9.71 Å². The molecule has 1 atom stereocenters. The quantitative estimate of drug-likeness (QED) is 0.300. The van der Waals surface area contributed by atoms with E-state index in [2.05, 4.69) is 9.71 Å². The summed E-state index contributed by atoms with van der Waals surface area (Å²) in [6, 6.07) is 16.0. The number of aromatic nitrogens is 1. The normalized spacial score (nSPS) is 12.5. The molecule has 4 rings (SSSR count). The first-order valence-electron chi connectivity index (χ1n) is 10.2. The smallest absolute Gasteiger partial charge is 0.338 e. The van der Waals surface area contributed by atoms with E-state index < -0.39 is 22.1 Å². The summed E-state index contributed by atoms with van der Waals surface area (Å²) < 4.78 is 37.8. The number of carbonyl (C=O) groups excluding carboxylic acids is 2. The molecule has 2 aromatic heterocycles. The number of hydrogen-bond acceptors (Lipinski definition) is 6. The molecule has 2 aromatic carbocycles. The van der Waals surface area contributed by atoms with Crippen LogP contribution in [0.3, 0.4) is 0 Å². The number of Topliss-reactive ketones (excluding diaryl/α,β-unsaturated/α-hetero) is 1. The van der Waals surface area contributed by atoms with Crippen LogP contribution in [0.15, 0.2) is 76.2 Å². The lowest BCUT2D eigenvalue weighted by Gasteiger charge is -2.13. The van der Waals surface area contributed by atoms with Crippen molar-refractivity contribution in [2.24, 2.45) is 0 Å². The zero-order valence-electron chi connectivity index (χ0n) is 18.0. The summed E-state index contributed by atoms with van der Waals surface area (Å²) in [4.78, 5) is 28.7. The number of para-hydroxylation sites is 1. The molecule has 2 heterocycles. The summed E-state index contributed by atoms with van der Waals surface area (Å²) in [7, 11) is -3.79. The van der Waals surface area contributed by atoms with E-state index in [9.17, 15) is 18.0 Å². The molecule has 0 bridgehead atoms. The number of nitrogens with one attached hydrogen (secondary N) is 2. The van der Waals surface area contributed by atoms with E-state index >= 15 is 0 Å². The minimum absolute atomic E-state index is 0.00596. The number of aryl methyl sites for hydroxylation is 1. The number of ether oxygens (including phenoxy) is 1. The number of H-pyrrole nitrogens is 1. The van der Waals surface area contributed by atoms with Crippen LogP contribution in [0.5, 0.6) is 0 Å². The van der Waals surface area contributed by atoms with E-state index in [0.717, 1.165) is 10.9 Å². The fourth-order valence-corrected chi connectivity index (χ4v) is 4.51. The number of esters is 1. The summed E-state index contributed by atoms with van der Waals surface area (Å²) in [6.45, 7) is 3.31. The zero-order valence-corrected chi connectivity index (χ0v) is 18.8. The summed E-state index contributed by atoms with van der Waals surface area (Å²) in [6.07, 6.45) is 0.434. The molecule has 0 amide bonds. The van der Waals surface area contributed by atoms with Gasteiger partial charge in [0.15, 0.2) is 6.10 Å². The van der Waals surface area contributed by atoms with Crippen LogP contribution in [-0.2, 0) is 21.3 Å². The molecule has 0 saturated carbocycles. The predicted molar refractivity (Wildman–Crippen MR) is 121 cm³/mol. The van der Waals surface area contributed by atoms with E-state index in [1.807, 2.05) is 24.3 Å². The molecule has 0 fully saturated rings. The van der Waals surface area contributed by atoms with E-state index in [-0.39, 0.29) is 22.8 Å². The second-order valence-corrected chi connectivity index (χ2v) is 9.28. The molecule has 0 aliphatic rings. The molecular weight excluding hydrogens is 444 g/mol. The number of hydrogen-bond donors (Lipinski definition) is 2. The molecule has 1 unspecified atom stereocenters. The minimum Gasteiger partial charge on any atom is -0.468 e. The van der Waals surface area contributed by atoms with Gasteiger partial charge in [-0.2, -0.15) is 0 Å². The molecule has 2 N–H and O–H groups in total. The number of aromatic amines is 1. The fraction of sp³-hybridized carbons (Fsp3) is 0.167. The van der Waals surface area contributed by atoms with Gasteiger partial charge in [-0.1, -0.05) is 18.2 Å². The molecule has 170 valence electrons. The number of fused-ring (bicyclic) bond motifs is 1. The van der Waals surface area contributed by atoms with Gasteiger partial charge in [0, 0.05) is 22.2 Å². The van der Waals surface area contributed by atoms with E-state index in [1.54, 1.807) is 19.1 Å². The average molecular weight is 467 g/mol. The third kappa shape index (κ3) is 4.74. The van der Waals surface area contributed by atoms with Gasteiger partial charge < -0.3 is 14.1 Å². The molecule has 4 aromatic rings. The van der Waals surface area contributed by atoms with Gasteiger partial charge in [0.05, 0.1) is 23.3 Å². The topological polar surface area (TPSA) is 118 Å². The second-order valence-electron chi connectivity index (χ2n) is 7.51. The van der Waals surface area contributed by atoms with Crippen LogP contribution >= 0.6 is 0 Å². The van der Waals surface area contributed by atoms with Crippen LogP contribution in [0.2, 0.25) is 0 Å². The van der Waals surface area contributed by atoms with Crippen LogP contribution in [0.1, 0.15) is 39.1 Å². The van der Waals surface area contributed by atoms with Crippen LogP contribution < -0.4 is 4.72 Å². The number of benzene rings is 2. The highest BCUT2D eigenvalue weighted by Gasteiger charge is 2.25. The summed E-state index contributed by atoms with van der Waals surface area (Å²) in [5.74, 6) is -0.566. The highest BCUT2D eigenvalue weighted by molar-refractivity contribution is 7.89. The van der Waals surface area contributed by atoms with E-state index in [4.69, 9.17) is 9.15 Å². The highest BCUT2D eigenvalue weighted by atomic mass is 32.2. The van der Waals surface area contributed by atoms with Crippen molar-refractivity contribution in [3.63, 3.8) is 0 Å². The SMILES string of the molecule is Cc1[nH]c2ccccc2c1C(=O)C(C)OC(=O)c1ccc(S(=O)(=O)NCc2ccco2)cc1. The first kappa shape index (κ1) is 22.5. The Balaban J connectivity index is 1.44. The predicted octanol–water partition coefficient (Wildman–Crippen LogP) is 3.98. The lowest BCUT2D eigenvalue weighted by atomic mass is 10.0. The highest BCUT2D eigenvalue weighted by Crippen LogP contribution is 2.24. The summed E-state index contributed by atoms with van der Waals surface area (Å²) >= 11 is 0. The minimum atomic E-state index is -3.79. The van der Waals surface area contributed by atoms with Crippen molar-refractivity contribution in [3.8, 4) is 0 Å². The molecule has 0 radical (unpaired) electrons. The summed E-state index contributed by atoms with van der Waals surface area (Å²) in [5.41, 5.74) is 2.14. The third-order valence-corrected chi connectivity index (χ3v) is 6.63. The summed E-state index contributed by atoms with van der Waals surface area (Å²) in [5, 5.41) is 0.763. The number of furan rings is 1. The second kappa shape index (κ2) is 9.05. The molecule has 33 heavy (non-hydrogen) atoms. The van der Waals surface area contributed by atoms with Gasteiger partial charge in [-0.3, -0.25) is 4.79 Å². The van der Waals surface area contributed by atoms with Crippen molar-refractivity contribution >= 4 is 32.7 Å². The molecule has 0 aliphatic heterocycles. The Kier molecular flexibility index (Phi) is 6.17. The fourth-order valence-electron chi connectivity index (χ4n) is 3.51. The Labute approximate surface area is 190 Å². The number of carbonyl (C=O) groups is 2. The maximum atomic E-state index is 13.0. The third-order valence-electron chi connectivity index (χ3n) is 5.21. The van der Waals surface area contributed by atoms with Gasteiger partial charge in [-0.05, 0) is 56.3 Å². The van der Waals surface area contributed by atoms with Crippen LogP contribution in [0, 0.1) is 6.92 Å². The molecule has 0 saturated heterocycles. The van der Waals surface area contributed by atoms with Crippen molar-refractivity contribution in [3.05, 3.63) is 89.5 Å². The van der Waals surface area contributed by atoms with Crippen molar-refractivity contribution < 1.29 is 27.2 Å². The Bertz CT molecular complexity index is 1400. The molecule has 0 aliphatic carbocycles. The van der Waals surface area contributed by atoms with Gasteiger partial charge in [-0.15, -0.1) is 0 Å². The first-order chi connectivity index (χ1) is 15.8. The van der Waals surface area contributed by atoms with Gasteiger partial charge in [0.1, 0.15) is 5.76 Å². The zero-order chi connectivity index (χ0) is 23.6.